The molecule has 0 saturated heterocycles. The van der Waals surface area contributed by atoms with Gasteiger partial charge >= 0.3 is 0 Å². The molecule has 0 fully saturated rings. The molecule has 3 rings (SSSR count). The summed E-state index contributed by atoms with van der Waals surface area (Å²) in [7, 11) is 0. The summed E-state index contributed by atoms with van der Waals surface area (Å²) in [6.07, 6.45) is 1.32. The van der Waals surface area contributed by atoms with Gasteiger partial charge in [0.1, 0.15) is 11.9 Å². The molecule has 1 aliphatic heterocycles. The fraction of sp³-hybridized carbons (Fsp3) is 0.333. The summed E-state index contributed by atoms with van der Waals surface area (Å²) in [5.74, 6) is -0.555. The lowest BCUT2D eigenvalue weighted by molar-refractivity contribution is -0.141. The summed E-state index contributed by atoms with van der Waals surface area (Å²) in [4.78, 5) is 26.9. The minimum Gasteiger partial charge on any atom is -0.354 e. The molecular formula is C21H24FN3O2. The zero-order valence-corrected chi connectivity index (χ0v) is 15.2. The number of fused-ring (bicyclic) bond motifs is 1. The Morgan fingerprint density at radius 2 is 1.81 bits per heavy atom. The topological polar surface area (TPSA) is 75.4 Å². The zero-order chi connectivity index (χ0) is 19.2. The van der Waals surface area contributed by atoms with Gasteiger partial charge in [0.15, 0.2) is 0 Å². The minimum absolute atomic E-state index is 0.106. The van der Waals surface area contributed by atoms with Crippen molar-refractivity contribution in [3.05, 3.63) is 71.0 Å². The lowest BCUT2D eigenvalue weighted by Gasteiger charge is -2.36. The molecule has 0 bridgehead atoms. The van der Waals surface area contributed by atoms with Crippen molar-refractivity contribution >= 4 is 11.8 Å². The van der Waals surface area contributed by atoms with Gasteiger partial charge in [0.2, 0.25) is 11.8 Å². The van der Waals surface area contributed by atoms with Crippen LogP contribution in [0.4, 0.5) is 4.39 Å². The third kappa shape index (κ3) is 4.71. The van der Waals surface area contributed by atoms with Crippen LogP contribution in [0.3, 0.4) is 0 Å². The summed E-state index contributed by atoms with van der Waals surface area (Å²) in [5.41, 5.74) is 8.64. The number of benzene rings is 2. The number of carbonyl (C=O) groups is 2. The number of hydrogen-bond donors (Lipinski definition) is 2. The number of carbonyl (C=O) groups excluding carboxylic acids is 2. The Kier molecular flexibility index (Phi) is 6.19. The smallest absolute Gasteiger partial charge is 0.243 e. The van der Waals surface area contributed by atoms with E-state index in [1.807, 2.05) is 24.3 Å². The first-order chi connectivity index (χ1) is 13.1. The molecule has 1 heterocycles. The predicted molar refractivity (Wildman–Crippen MR) is 101 cm³/mol. The van der Waals surface area contributed by atoms with Crippen LogP contribution in [0.15, 0.2) is 48.5 Å². The van der Waals surface area contributed by atoms with E-state index in [2.05, 4.69) is 5.32 Å². The molecule has 2 amide bonds. The average molecular weight is 369 g/mol. The molecule has 3 N–H and O–H groups in total. The second-order valence-electron chi connectivity index (χ2n) is 6.72. The number of amides is 2. The third-order valence-corrected chi connectivity index (χ3v) is 4.86. The van der Waals surface area contributed by atoms with E-state index < -0.39 is 6.04 Å². The van der Waals surface area contributed by atoms with E-state index in [1.54, 1.807) is 17.0 Å². The molecular weight excluding hydrogens is 345 g/mol. The van der Waals surface area contributed by atoms with Crippen LogP contribution in [0.5, 0.6) is 0 Å². The van der Waals surface area contributed by atoms with Gasteiger partial charge in [-0.25, -0.2) is 4.39 Å². The van der Waals surface area contributed by atoms with Crippen molar-refractivity contribution in [3.63, 3.8) is 0 Å². The quantitative estimate of drug-likeness (QED) is 0.815. The summed E-state index contributed by atoms with van der Waals surface area (Å²) >= 11 is 0. The van der Waals surface area contributed by atoms with E-state index in [4.69, 9.17) is 5.73 Å². The number of halogens is 1. The highest BCUT2D eigenvalue weighted by atomic mass is 19.1. The second-order valence-corrected chi connectivity index (χ2v) is 6.72. The Hall–Kier alpha value is -2.73. The Balaban J connectivity index is 1.66. The second kappa shape index (κ2) is 8.77. The number of nitrogens with zero attached hydrogens (tertiary/aromatic N) is 1. The van der Waals surface area contributed by atoms with Crippen molar-refractivity contribution in [2.24, 2.45) is 5.73 Å². The van der Waals surface area contributed by atoms with Gasteiger partial charge in [-0.1, -0.05) is 36.4 Å². The molecule has 2 aromatic carbocycles. The van der Waals surface area contributed by atoms with Gasteiger partial charge in [-0.15, -0.1) is 0 Å². The molecule has 1 unspecified atom stereocenters. The highest BCUT2D eigenvalue weighted by molar-refractivity contribution is 5.88. The minimum atomic E-state index is -0.535. The summed E-state index contributed by atoms with van der Waals surface area (Å²) < 4.78 is 13.0. The Bertz CT molecular complexity index is 807. The van der Waals surface area contributed by atoms with Gasteiger partial charge in [0, 0.05) is 32.5 Å². The fourth-order valence-corrected chi connectivity index (χ4v) is 3.39. The third-order valence-electron chi connectivity index (χ3n) is 4.86. The average Bonchev–Trinajstić information content (AvgIpc) is 2.68. The normalized spacial score (nSPS) is 15.9. The van der Waals surface area contributed by atoms with E-state index in [0.717, 1.165) is 16.7 Å². The zero-order valence-electron chi connectivity index (χ0n) is 15.2. The summed E-state index contributed by atoms with van der Waals surface area (Å²) in [5, 5.41) is 2.92. The van der Waals surface area contributed by atoms with Gasteiger partial charge in [-0.2, -0.15) is 0 Å². The number of rotatable bonds is 6. The molecule has 6 heteroatoms. The highest BCUT2D eigenvalue weighted by Gasteiger charge is 2.33. The van der Waals surface area contributed by atoms with Gasteiger partial charge < -0.3 is 16.0 Å². The number of nitrogens with one attached hydrogen (secondary N) is 1. The first kappa shape index (κ1) is 19.0. The van der Waals surface area contributed by atoms with Crippen LogP contribution in [0.1, 0.15) is 23.1 Å². The molecule has 0 aliphatic carbocycles. The SMILES string of the molecule is NCCC(=O)N1Cc2ccccc2CC1C(=O)NCCc1ccc(F)cc1. The lowest BCUT2D eigenvalue weighted by atomic mass is 9.93. The molecule has 142 valence electrons. The van der Waals surface area contributed by atoms with E-state index in [9.17, 15) is 14.0 Å². The molecule has 0 saturated carbocycles. The Labute approximate surface area is 158 Å². The molecule has 0 spiro atoms. The molecule has 1 aliphatic rings. The van der Waals surface area contributed by atoms with Crippen LogP contribution in [0.2, 0.25) is 0 Å². The van der Waals surface area contributed by atoms with Crippen LogP contribution in [0.25, 0.3) is 0 Å². The number of nitrogens with two attached hydrogens (primary N) is 1. The van der Waals surface area contributed by atoms with Crippen molar-refractivity contribution in [1.82, 2.24) is 10.2 Å². The predicted octanol–water partition coefficient (Wildman–Crippen LogP) is 1.79. The van der Waals surface area contributed by atoms with Crippen LogP contribution in [-0.2, 0) is 29.0 Å². The van der Waals surface area contributed by atoms with E-state index in [-0.39, 0.29) is 30.6 Å². The molecule has 0 radical (unpaired) electrons. The maximum Gasteiger partial charge on any atom is 0.243 e. The van der Waals surface area contributed by atoms with E-state index in [0.29, 0.717) is 25.9 Å². The fourth-order valence-electron chi connectivity index (χ4n) is 3.39. The summed E-state index contributed by atoms with van der Waals surface area (Å²) in [6, 6.07) is 13.6. The van der Waals surface area contributed by atoms with Crippen molar-refractivity contribution in [3.8, 4) is 0 Å². The van der Waals surface area contributed by atoms with Crippen LogP contribution < -0.4 is 11.1 Å². The molecule has 0 aromatic heterocycles. The van der Waals surface area contributed by atoms with Crippen molar-refractivity contribution in [1.29, 1.82) is 0 Å². The highest BCUT2D eigenvalue weighted by Crippen LogP contribution is 2.24. The van der Waals surface area contributed by atoms with Gasteiger partial charge in [-0.05, 0) is 35.2 Å². The molecule has 1 atom stereocenters. The Morgan fingerprint density at radius 3 is 2.52 bits per heavy atom. The monoisotopic (exact) mass is 369 g/mol. The number of hydrogen-bond acceptors (Lipinski definition) is 3. The molecule has 27 heavy (non-hydrogen) atoms. The largest absolute Gasteiger partial charge is 0.354 e. The maximum absolute atomic E-state index is 13.0. The van der Waals surface area contributed by atoms with Crippen LogP contribution in [0, 0.1) is 5.82 Å². The van der Waals surface area contributed by atoms with Gasteiger partial charge in [0.25, 0.3) is 0 Å². The van der Waals surface area contributed by atoms with E-state index >= 15 is 0 Å². The van der Waals surface area contributed by atoms with Crippen molar-refractivity contribution in [2.75, 3.05) is 13.1 Å². The molecule has 5 nitrogen and oxygen atoms in total. The van der Waals surface area contributed by atoms with E-state index in [1.165, 1.54) is 12.1 Å². The summed E-state index contributed by atoms with van der Waals surface area (Å²) in [6.45, 7) is 1.11. The standard InChI is InChI=1S/C21H24FN3O2/c22-18-7-5-15(6-8-18)10-12-24-21(27)19-13-16-3-1-2-4-17(16)14-25(19)20(26)9-11-23/h1-8,19H,9-14,23H2,(H,24,27). The van der Waals surface area contributed by atoms with Gasteiger partial charge in [0.05, 0.1) is 0 Å². The Morgan fingerprint density at radius 1 is 1.11 bits per heavy atom. The van der Waals surface area contributed by atoms with Crippen LogP contribution >= 0.6 is 0 Å². The van der Waals surface area contributed by atoms with Crippen molar-refractivity contribution < 1.29 is 14.0 Å². The lowest BCUT2D eigenvalue weighted by Crippen LogP contribution is -2.53. The first-order valence-electron chi connectivity index (χ1n) is 9.17. The van der Waals surface area contributed by atoms with Gasteiger partial charge in [-0.3, -0.25) is 9.59 Å². The van der Waals surface area contributed by atoms with Crippen LogP contribution in [-0.4, -0.2) is 35.8 Å². The van der Waals surface area contributed by atoms with Crippen molar-refractivity contribution in [2.45, 2.75) is 31.8 Å². The molecule has 2 aromatic rings. The maximum atomic E-state index is 13.0. The first-order valence-corrected chi connectivity index (χ1v) is 9.17.